The first kappa shape index (κ1) is 17.4. The number of rotatable bonds is 6. The van der Waals surface area contributed by atoms with Crippen LogP contribution < -0.4 is 9.47 Å². The third kappa shape index (κ3) is 3.98. The molecule has 0 unspecified atom stereocenters. The Hall–Kier alpha value is -3.40. The fourth-order valence-corrected chi connectivity index (χ4v) is 2.56. The van der Waals surface area contributed by atoms with Crippen molar-refractivity contribution in [1.82, 2.24) is 4.98 Å². The summed E-state index contributed by atoms with van der Waals surface area (Å²) in [5.74, 6) is 0.985. The van der Waals surface area contributed by atoms with Crippen LogP contribution >= 0.6 is 0 Å². The zero-order valence-electron chi connectivity index (χ0n) is 14.7. The Labute approximate surface area is 152 Å². The molecule has 3 rings (SSSR count). The van der Waals surface area contributed by atoms with E-state index in [0.29, 0.717) is 17.1 Å². The molecule has 1 aromatic heterocycles. The van der Waals surface area contributed by atoms with E-state index in [9.17, 15) is 4.79 Å². The molecule has 26 heavy (non-hydrogen) atoms. The topological polar surface area (TPSA) is 48.4 Å². The second-order valence-corrected chi connectivity index (χ2v) is 5.58. The number of benzene rings is 2. The summed E-state index contributed by atoms with van der Waals surface area (Å²) in [7, 11) is 3.10. The lowest BCUT2D eigenvalue weighted by molar-refractivity contribution is 0.104. The highest BCUT2D eigenvalue weighted by Gasteiger charge is 2.08. The maximum absolute atomic E-state index is 12.4. The lowest BCUT2D eigenvalue weighted by Crippen LogP contribution is -1.97. The van der Waals surface area contributed by atoms with E-state index in [2.05, 4.69) is 4.98 Å². The van der Waals surface area contributed by atoms with Gasteiger partial charge >= 0.3 is 0 Å². The molecule has 0 spiro atoms. The second-order valence-electron chi connectivity index (χ2n) is 5.58. The number of hydrogen-bond acceptors (Lipinski definition) is 4. The van der Waals surface area contributed by atoms with Crippen molar-refractivity contribution in [3.8, 4) is 22.8 Å². The SMILES string of the molecule is COc1ccc(C(=O)C=Cc2cccc(-c3ccccc3)n2)cc1OC. The monoisotopic (exact) mass is 345 g/mol. The first-order valence-corrected chi connectivity index (χ1v) is 8.18. The van der Waals surface area contributed by atoms with Gasteiger partial charge in [0.25, 0.3) is 0 Å². The highest BCUT2D eigenvalue weighted by atomic mass is 16.5. The fourth-order valence-electron chi connectivity index (χ4n) is 2.56. The van der Waals surface area contributed by atoms with Gasteiger partial charge in [-0.05, 0) is 42.5 Å². The molecule has 2 aromatic carbocycles. The van der Waals surface area contributed by atoms with E-state index in [1.54, 1.807) is 38.5 Å². The standard InChI is InChI=1S/C22H19NO3/c1-25-21-14-11-17(15-22(21)26-2)20(24)13-12-18-9-6-10-19(23-18)16-7-4-3-5-8-16/h3-15H,1-2H3. The largest absolute Gasteiger partial charge is 0.493 e. The molecule has 0 saturated heterocycles. The average molecular weight is 345 g/mol. The number of allylic oxidation sites excluding steroid dienone is 1. The lowest BCUT2D eigenvalue weighted by atomic mass is 10.1. The van der Waals surface area contributed by atoms with Gasteiger partial charge in [0.05, 0.1) is 25.6 Å². The Morgan fingerprint density at radius 3 is 2.38 bits per heavy atom. The number of carbonyl (C=O) groups excluding carboxylic acids is 1. The van der Waals surface area contributed by atoms with Gasteiger partial charge in [-0.3, -0.25) is 4.79 Å². The average Bonchev–Trinajstić information content (AvgIpc) is 2.72. The van der Waals surface area contributed by atoms with E-state index in [-0.39, 0.29) is 5.78 Å². The second kappa shape index (κ2) is 8.12. The molecule has 0 atom stereocenters. The third-order valence-corrected chi connectivity index (χ3v) is 3.91. The maximum atomic E-state index is 12.4. The zero-order chi connectivity index (χ0) is 18.4. The van der Waals surface area contributed by atoms with E-state index >= 15 is 0 Å². The number of hydrogen-bond donors (Lipinski definition) is 0. The fraction of sp³-hybridized carbons (Fsp3) is 0.0909. The van der Waals surface area contributed by atoms with Crippen LogP contribution in [0.4, 0.5) is 0 Å². The first-order chi connectivity index (χ1) is 12.7. The molecule has 4 heteroatoms. The Morgan fingerprint density at radius 2 is 1.65 bits per heavy atom. The summed E-state index contributed by atoms with van der Waals surface area (Å²) in [6.45, 7) is 0. The highest BCUT2D eigenvalue weighted by Crippen LogP contribution is 2.27. The minimum absolute atomic E-state index is 0.127. The molecule has 130 valence electrons. The van der Waals surface area contributed by atoms with Crippen molar-refractivity contribution < 1.29 is 14.3 Å². The van der Waals surface area contributed by atoms with Gasteiger partial charge in [0.15, 0.2) is 17.3 Å². The predicted molar refractivity (Wildman–Crippen MR) is 103 cm³/mol. The molecule has 0 bridgehead atoms. The molecule has 0 fully saturated rings. The molecule has 0 aliphatic heterocycles. The van der Waals surface area contributed by atoms with Gasteiger partial charge < -0.3 is 9.47 Å². The van der Waals surface area contributed by atoms with Gasteiger partial charge in [0.2, 0.25) is 0 Å². The van der Waals surface area contributed by atoms with Crippen LogP contribution in [0.5, 0.6) is 11.5 Å². The number of aromatic nitrogens is 1. The van der Waals surface area contributed by atoms with Crippen molar-refractivity contribution in [1.29, 1.82) is 0 Å². The normalized spacial score (nSPS) is 10.7. The summed E-state index contributed by atoms with van der Waals surface area (Å²) in [6, 6.07) is 20.8. The van der Waals surface area contributed by atoms with E-state index in [0.717, 1.165) is 17.0 Å². The smallest absolute Gasteiger partial charge is 0.186 e. The van der Waals surface area contributed by atoms with Crippen LogP contribution in [0, 0.1) is 0 Å². The molecular weight excluding hydrogens is 326 g/mol. The summed E-state index contributed by atoms with van der Waals surface area (Å²) in [5, 5.41) is 0. The van der Waals surface area contributed by atoms with Gasteiger partial charge in [-0.25, -0.2) is 4.98 Å². The van der Waals surface area contributed by atoms with E-state index in [1.807, 2.05) is 48.5 Å². The van der Waals surface area contributed by atoms with Gasteiger partial charge in [-0.15, -0.1) is 0 Å². The van der Waals surface area contributed by atoms with Crippen molar-refractivity contribution in [3.63, 3.8) is 0 Å². The summed E-state index contributed by atoms with van der Waals surface area (Å²) < 4.78 is 10.4. The summed E-state index contributed by atoms with van der Waals surface area (Å²) in [4.78, 5) is 17.0. The Kier molecular flexibility index (Phi) is 5.44. The number of carbonyl (C=O) groups is 1. The van der Waals surface area contributed by atoms with Gasteiger partial charge in [-0.2, -0.15) is 0 Å². The van der Waals surface area contributed by atoms with Gasteiger partial charge in [-0.1, -0.05) is 36.4 Å². The summed E-state index contributed by atoms with van der Waals surface area (Å²) >= 11 is 0. The number of ketones is 1. The minimum Gasteiger partial charge on any atom is -0.493 e. The molecular formula is C22H19NO3. The molecule has 4 nitrogen and oxygen atoms in total. The number of methoxy groups -OCH3 is 2. The zero-order valence-corrected chi connectivity index (χ0v) is 14.7. The Balaban J connectivity index is 1.81. The van der Waals surface area contributed by atoms with Crippen LogP contribution in [0.2, 0.25) is 0 Å². The molecule has 0 saturated carbocycles. The van der Waals surface area contributed by atoms with Crippen LogP contribution in [-0.4, -0.2) is 25.0 Å². The Morgan fingerprint density at radius 1 is 0.885 bits per heavy atom. The van der Waals surface area contributed by atoms with Crippen molar-refractivity contribution in [3.05, 3.63) is 84.1 Å². The van der Waals surface area contributed by atoms with E-state index in [4.69, 9.17) is 9.47 Å². The molecule has 0 amide bonds. The van der Waals surface area contributed by atoms with Crippen LogP contribution in [0.3, 0.4) is 0 Å². The van der Waals surface area contributed by atoms with E-state index in [1.165, 1.54) is 6.08 Å². The molecule has 0 N–H and O–H groups in total. The predicted octanol–water partition coefficient (Wildman–Crippen LogP) is 4.66. The van der Waals surface area contributed by atoms with Crippen LogP contribution in [0.15, 0.2) is 72.8 Å². The van der Waals surface area contributed by atoms with Crippen molar-refractivity contribution in [2.24, 2.45) is 0 Å². The quantitative estimate of drug-likeness (QED) is 0.481. The van der Waals surface area contributed by atoms with E-state index < -0.39 is 0 Å². The first-order valence-electron chi connectivity index (χ1n) is 8.18. The van der Waals surface area contributed by atoms with Crippen LogP contribution in [0.1, 0.15) is 16.1 Å². The summed E-state index contributed by atoms with van der Waals surface area (Å²) in [6.07, 6.45) is 3.23. The third-order valence-electron chi connectivity index (χ3n) is 3.91. The minimum atomic E-state index is -0.127. The molecule has 1 heterocycles. The highest BCUT2D eigenvalue weighted by molar-refractivity contribution is 6.07. The molecule has 0 radical (unpaired) electrons. The van der Waals surface area contributed by atoms with Crippen LogP contribution in [-0.2, 0) is 0 Å². The summed E-state index contributed by atoms with van der Waals surface area (Å²) in [5.41, 5.74) is 3.15. The van der Waals surface area contributed by atoms with Gasteiger partial charge in [0, 0.05) is 11.1 Å². The maximum Gasteiger partial charge on any atom is 0.186 e. The van der Waals surface area contributed by atoms with Crippen molar-refractivity contribution >= 4 is 11.9 Å². The van der Waals surface area contributed by atoms with Crippen LogP contribution in [0.25, 0.3) is 17.3 Å². The molecule has 0 aliphatic rings. The Bertz CT molecular complexity index is 933. The number of pyridine rings is 1. The van der Waals surface area contributed by atoms with Crippen molar-refractivity contribution in [2.45, 2.75) is 0 Å². The lowest BCUT2D eigenvalue weighted by Gasteiger charge is -2.08. The number of ether oxygens (including phenoxy) is 2. The number of nitrogens with zero attached hydrogens (tertiary/aromatic N) is 1. The molecule has 3 aromatic rings. The molecule has 0 aliphatic carbocycles. The van der Waals surface area contributed by atoms with Crippen molar-refractivity contribution in [2.75, 3.05) is 14.2 Å². The van der Waals surface area contributed by atoms with Gasteiger partial charge in [0.1, 0.15) is 0 Å².